The van der Waals surface area contributed by atoms with Gasteiger partial charge in [0.2, 0.25) is 0 Å². The number of rotatable bonds is 6. The van der Waals surface area contributed by atoms with E-state index >= 15 is 0 Å². The molecule has 0 aliphatic carbocycles. The van der Waals surface area contributed by atoms with Gasteiger partial charge in [-0.15, -0.1) is 0 Å². The Morgan fingerprint density at radius 1 is 1.00 bits per heavy atom. The lowest BCUT2D eigenvalue weighted by Crippen LogP contribution is -2.37. The smallest absolute Gasteiger partial charge is 0.101 e. The lowest BCUT2D eigenvalue weighted by Gasteiger charge is -2.29. The molecule has 0 saturated heterocycles. The summed E-state index contributed by atoms with van der Waals surface area (Å²) in [4.78, 5) is 4.26. The Balaban J connectivity index is 2.14. The van der Waals surface area contributed by atoms with Crippen molar-refractivity contribution in [3.63, 3.8) is 0 Å². The highest BCUT2D eigenvalue weighted by Gasteiger charge is 2.14. The largest absolute Gasteiger partial charge is 0.368 e. The molecule has 0 heterocycles. The maximum atomic E-state index is 9.38. The first-order valence-corrected chi connectivity index (χ1v) is 8.54. The Morgan fingerprint density at radius 2 is 1.64 bits per heavy atom. The van der Waals surface area contributed by atoms with Crippen LogP contribution in [0.1, 0.15) is 31.9 Å². The van der Waals surface area contributed by atoms with E-state index < -0.39 is 0 Å². The van der Waals surface area contributed by atoms with Crippen LogP contribution in [0.15, 0.2) is 48.5 Å². The highest BCUT2D eigenvalue weighted by molar-refractivity contribution is 5.60. The average molecular weight is 336 g/mol. The molecule has 0 amide bonds. The zero-order valence-corrected chi connectivity index (χ0v) is 15.9. The lowest BCUT2D eigenvalue weighted by molar-refractivity contribution is 0.405. The fourth-order valence-electron chi connectivity index (χ4n) is 2.67. The van der Waals surface area contributed by atoms with Crippen molar-refractivity contribution in [1.29, 1.82) is 5.26 Å². The molecule has 0 aromatic heterocycles. The summed E-state index contributed by atoms with van der Waals surface area (Å²) in [6, 6.07) is 18.6. The minimum Gasteiger partial charge on any atom is -0.368 e. The van der Waals surface area contributed by atoms with E-state index in [1.807, 2.05) is 38.4 Å². The molecule has 2 aromatic rings. The summed E-state index contributed by atoms with van der Waals surface area (Å²) >= 11 is 0. The van der Waals surface area contributed by atoms with Crippen molar-refractivity contribution in [3.8, 4) is 6.07 Å². The second kappa shape index (κ2) is 8.04. The molecule has 0 unspecified atom stereocenters. The first-order chi connectivity index (χ1) is 11.8. The molecule has 25 heavy (non-hydrogen) atoms. The monoisotopic (exact) mass is 336 g/mol. The Hall–Kier alpha value is -2.51. The summed E-state index contributed by atoms with van der Waals surface area (Å²) in [6.07, 6.45) is 0. The number of benzene rings is 2. The SMILES string of the molecule is CN(C)CN(CNc1ccc(C(C)(C)C)cc1)c1ccccc1C#N. The van der Waals surface area contributed by atoms with Gasteiger partial charge >= 0.3 is 0 Å². The van der Waals surface area contributed by atoms with Crippen molar-refractivity contribution in [2.45, 2.75) is 26.2 Å². The Labute approximate surface area is 151 Å². The van der Waals surface area contributed by atoms with Gasteiger partial charge in [0.15, 0.2) is 0 Å². The van der Waals surface area contributed by atoms with Gasteiger partial charge in [-0.2, -0.15) is 5.26 Å². The van der Waals surface area contributed by atoms with E-state index in [2.05, 4.69) is 66.2 Å². The number of nitrogens with zero attached hydrogens (tertiary/aromatic N) is 3. The molecule has 1 N–H and O–H groups in total. The van der Waals surface area contributed by atoms with Crippen LogP contribution in [0.4, 0.5) is 11.4 Å². The van der Waals surface area contributed by atoms with Gasteiger partial charge in [0.25, 0.3) is 0 Å². The van der Waals surface area contributed by atoms with E-state index in [4.69, 9.17) is 0 Å². The van der Waals surface area contributed by atoms with Crippen molar-refractivity contribution in [3.05, 3.63) is 59.7 Å². The van der Waals surface area contributed by atoms with Crippen LogP contribution in [-0.4, -0.2) is 32.3 Å². The van der Waals surface area contributed by atoms with Crippen LogP contribution < -0.4 is 10.2 Å². The summed E-state index contributed by atoms with van der Waals surface area (Å²) in [5.41, 5.74) is 4.18. The minimum absolute atomic E-state index is 0.154. The van der Waals surface area contributed by atoms with E-state index in [0.29, 0.717) is 12.2 Å². The topological polar surface area (TPSA) is 42.3 Å². The third kappa shape index (κ3) is 5.23. The van der Waals surface area contributed by atoms with Gasteiger partial charge in [-0.1, -0.05) is 45.0 Å². The van der Waals surface area contributed by atoms with Gasteiger partial charge in [-0.25, -0.2) is 0 Å². The number of nitriles is 1. The van der Waals surface area contributed by atoms with Crippen LogP contribution in [0.25, 0.3) is 0 Å². The molecule has 0 fully saturated rings. The van der Waals surface area contributed by atoms with Crippen molar-refractivity contribution in [2.75, 3.05) is 37.6 Å². The lowest BCUT2D eigenvalue weighted by atomic mass is 9.87. The first kappa shape index (κ1) is 18.8. The summed E-state index contributed by atoms with van der Waals surface area (Å²) in [7, 11) is 4.06. The molecule has 0 bridgehead atoms. The third-order valence-corrected chi connectivity index (χ3v) is 4.04. The number of para-hydroxylation sites is 1. The number of hydrogen-bond acceptors (Lipinski definition) is 4. The molecular formula is C21H28N4. The highest BCUT2D eigenvalue weighted by atomic mass is 15.3. The maximum absolute atomic E-state index is 9.38. The third-order valence-electron chi connectivity index (χ3n) is 4.04. The molecule has 0 atom stereocenters. The predicted molar refractivity (Wildman–Crippen MR) is 106 cm³/mol. The normalized spacial score (nSPS) is 11.2. The van der Waals surface area contributed by atoms with Crippen LogP contribution in [0.3, 0.4) is 0 Å². The van der Waals surface area contributed by atoms with E-state index in [1.165, 1.54) is 5.56 Å². The number of nitrogens with one attached hydrogen (secondary N) is 1. The summed E-state index contributed by atoms with van der Waals surface area (Å²) < 4.78 is 0. The molecule has 4 nitrogen and oxygen atoms in total. The Morgan fingerprint density at radius 3 is 2.20 bits per heavy atom. The minimum atomic E-state index is 0.154. The van der Waals surface area contributed by atoms with Gasteiger partial charge in [-0.3, -0.25) is 4.90 Å². The Bertz CT molecular complexity index is 721. The standard InChI is InChI=1S/C21H28N4/c1-21(2,3)18-10-12-19(13-11-18)23-15-25(16-24(4)5)20-9-7-6-8-17(20)14-22/h6-13,23H,15-16H2,1-5H3. The van der Waals surface area contributed by atoms with Crippen molar-refractivity contribution in [1.82, 2.24) is 4.90 Å². The van der Waals surface area contributed by atoms with E-state index in [0.717, 1.165) is 18.0 Å². The van der Waals surface area contributed by atoms with Gasteiger partial charge < -0.3 is 10.2 Å². The molecule has 132 valence electrons. The number of hydrogen-bond donors (Lipinski definition) is 1. The molecule has 0 aliphatic rings. The Kier molecular flexibility index (Phi) is 6.06. The predicted octanol–water partition coefficient (Wildman–Crippen LogP) is 4.25. The molecular weight excluding hydrogens is 308 g/mol. The van der Waals surface area contributed by atoms with Crippen LogP contribution >= 0.6 is 0 Å². The van der Waals surface area contributed by atoms with Crippen LogP contribution in [0.2, 0.25) is 0 Å². The van der Waals surface area contributed by atoms with Gasteiger partial charge in [-0.05, 0) is 49.3 Å². The molecule has 2 aromatic carbocycles. The van der Waals surface area contributed by atoms with Crippen LogP contribution in [0, 0.1) is 11.3 Å². The quantitative estimate of drug-likeness (QED) is 0.801. The van der Waals surface area contributed by atoms with Crippen LogP contribution in [-0.2, 0) is 5.41 Å². The van der Waals surface area contributed by atoms with Crippen LogP contribution in [0.5, 0.6) is 0 Å². The fourth-order valence-corrected chi connectivity index (χ4v) is 2.67. The summed E-state index contributed by atoms with van der Waals surface area (Å²) in [6.45, 7) is 8.00. The highest BCUT2D eigenvalue weighted by Crippen LogP contribution is 2.24. The molecule has 0 radical (unpaired) electrons. The molecule has 2 rings (SSSR count). The van der Waals surface area contributed by atoms with Gasteiger partial charge in [0, 0.05) is 5.69 Å². The van der Waals surface area contributed by atoms with Crippen molar-refractivity contribution in [2.24, 2.45) is 0 Å². The zero-order valence-electron chi connectivity index (χ0n) is 15.9. The van der Waals surface area contributed by atoms with Crippen molar-refractivity contribution >= 4 is 11.4 Å². The summed E-state index contributed by atoms with van der Waals surface area (Å²) in [5, 5.41) is 12.9. The van der Waals surface area contributed by atoms with Gasteiger partial charge in [0.05, 0.1) is 24.6 Å². The number of anilines is 2. The van der Waals surface area contributed by atoms with Crippen molar-refractivity contribution < 1.29 is 0 Å². The fraction of sp³-hybridized carbons (Fsp3) is 0.381. The second-order valence-corrected chi connectivity index (χ2v) is 7.55. The molecule has 0 spiro atoms. The van der Waals surface area contributed by atoms with E-state index in [1.54, 1.807) is 0 Å². The molecule has 0 saturated carbocycles. The molecule has 4 heteroatoms. The van der Waals surface area contributed by atoms with Gasteiger partial charge in [0.1, 0.15) is 6.07 Å². The summed E-state index contributed by atoms with van der Waals surface area (Å²) in [5.74, 6) is 0. The second-order valence-electron chi connectivity index (χ2n) is 7.55. The zero-order chi connectivity index (χ0) is 18.4. The van der Waals surface area contributed by atoms with E-state index in [9.17, 15) is 5.26 Å². The average Bonchev–Trinajstić information content (AvgIpc) is 2.58. The van der Waals surface area contributed by atoms with E-state index in [-0.39, 0.29) is 5.41 Å². The first-order valence-electron chi connectivity index (χ1n) is 8.54. The maximum Gasteiger partial charge on any atom is 0.101 e. The molecule has 0 aliphatic heterocycles.